The molecule has 0 heterocycles. The summed E-state index contributed by atoms with van der Waals surface area (Å²) in [4.78, 5) is 11.2. The second-order valence-electron chi connectivity index (χ2n) is 3.25. The van der Waals surface area contributed by atoms with Gasteiger partial charge in [0.1, 0.15) is 0 Å². The third-order valence-electron chi connectivity index (χ3n) is 1.82. The van der Waals surface area contributed by atoms with Crippen LogP contribution in [0.1, 0.15) is 26.7 Å². The average Bonchev–Trinajstić information content (AvgIpc) is 2.10. The van der Waals surface area contributed by atoms with E-state index in [0.717, 1.165) is 0 Å². The van der Waals surface area contributed by atoms with E-state index < -0.39 is 0 Å². The molecule has 1 atom stereocenters. The first-order valence-corrected chi connectivity index (χ1v) is 4.43. The maximum absolute atomic E-state index is 11.2. The molecule has 0 radical (unpaired) electrons. The van der Waals surface area contributed by atoms with Gasteiger partial charge in [0, 0.05) is 6.61 Å². The van der Waals surface area contributed by atoms with E-state index in [1.807, 2.05) is 19.9 Å². The summed E-state index contributed by atoms with van der Waals surface area (Å²) in [6, 6.07) is 0. The van der Waals surface area contributed by atoms with Crippen LogP contribution in [0.2, 0.25) is 0 Å². The lowest BCUT2D eigenvalue weighted by Crippen LogP contribution is -2.16. The van der Waals surface area contributed by atoms with Gasteiger partial charge in [-0.2, -0.15) is 0 Å². The number of ether oxygens (including phenoxy) is 1. The lowest BCUT2D eigenvalue weighted by molar-refractivity contribution is -0.145. The smallest absolute Gasteiger partial charge is 0.309 e. The van der Waals surface area contributed by atoms with Gasteiger partial charge in [-0.05, 0) is 26.7 Å². The molecule has 0 rings (SSSR count). The van der Waals surface area contributed by atoms with Gasteiger partial charge in [-0.3, -0.25) is 4.79 Å². The van der Waals surface area contributed by atoms with Crippen LogP contribution in [0.4, 0.5) is 0 Å². The van der Waals surface area contributed by atoms with Crippen LogP contribution in [0.5, 0.6) is 0 Å². The highest BCUT2D eigenvalue weighted by Gasteiger charge is 2.16. The molecule has 0 aliphatic rings. The molecule has 13 heavy (non-hydrogen) atoms. The third kappa shape index (κ3) is 5.42. The predicted octanol–water partition coefficient (Wildman–Crippen LogP) is 1.51. The Bertz CT molecular complexity index is 181. The molecule has 0 bridgehead atoms. The summed E-state index contributed by atoms with van der Waals surface area (Å²) in [5, 5.41) is 8.72. The quantitative estimate of drug-likeness (QED) is 0.523. The Balaban J connectivity index is 4.09. The highest BCUT2D eigenvalue weighted by Crippen LogP contribution is 2.12. The fourth-order valence-corrected chi connectivity index (χ4v) is 1.03. The fraction of sp³-hybridized carbons (Fsp3) is 0.700. The van der Waals surface area contributed by atoms with Gasteiger partial charge in [-0.1, -0.05) is 11.6 Å². The zero-order chi connectivity index (χ0) is 10.3. The van der Waals surface area contributed by atoms with Gasteiger partial charge in [0.25, 0.3) is 0 Å². The standard InChI is InChI=1S/C10H18O3/c1-8(2)4-5-9(6-7-11)10(12)13-3/h4,9,11H,5-7H2,1-3H3/t9-/m0/s1. The van der Waals surface area contributed by atoms with E-state index in [9.17, 15) is 4.79 Å². The van der Waals surface area contributed by atoms with Crippen LogP contribution in [0.15, 0.2) is 11.6 Å². The number of allylic oxidation sites excluding steroid dienone is 2. The predicted molar refractivity (Wildman–Crippen MR) is 51.3 cm³/mol. The van der Waals surface area contributed by atoms with Crippen LogP contribution in [-0.4, -0.2) is 24.8 Å². The Labute approximate surface area is 79.4 Å². The highest BCUT2D eigenvalue weighted by atomic mass is 16.5. The van der Waals surface area contributed by atoms with E-state index in [1.165, 1.54) is 12.7 Å². The molecular formula is C10H18O3. The lowest BCUT2D eigenvalue weighted by atomic mass is 10.0. The van der Waals surface area contributed by atoms with Crippen molar-refractivity contribution in [3.05, 3.63) is 11.6 Å². The van der Waals surface area contributed by atoms with Crippen molar-refractivity contribution in [3.8, 4) is 0 Å². The van der Waals surface area contributed by atoms with E-state index in [1.54, 1.807) is 0 Å². The van der Waals surface area contributed by atoms with Gasteiger partial charge in [0.2, 0.25) is 0 Å². The second-order valence-corrected chi connectivity index (χ2v) is 3.25. The van der Waals surface area contributed by atoms with Gasteiger partial charge >= 0.3 is 5.97 Å². The normalized spacial score (nSPS) is 12.0. The summed E-state index contributed by atoms with van der Waals surface area (Å²) in [5.74, 6) is -0.448. The molecule has 1 N–H and O–H groups in total. The van der Waals surface area contributed by atoms with Crippen molar-refractivity contribution >= 4 is 5.97 Å². The molecule has 0 aromatic heterocycles. The van der Waals surface area contributed by atoms with E-state index in [0.29, 0.717) is 12.8 Å². The summed E-state index contributed by atoms with van der Waals surface area (Å²) in [6.45, 7) is 3.98. The molecule has 0 amide bonds. The number of hydrogen-bond acceptors (Lipinski definition) is 3. The van der Waals surface area contributed by atoms with Crippen LogP contribution in [0, 0.1) is 5.92 Å². The average molecular weight is 186 g/mol. The Morgan fingerprint density at radius 3 is 2.54 bits per heavy atom. The Morgan fingerprint density at radius 2 is 2.15 bits per heavy atom. The molecular weight excluding hydrogens is 168 g/mol. The lowest BCUT2D eigenvalue weighted by Gasteiger charge is -2.10. The zero-order valence-electron chi connectivity index (χ0n) is 8.54. The number of rotatable bonds is 5. The molecule has 3 nitrogen and oxygen atoms in total. The van der Waals surface area contributed by atoms with Crippen molar-refractivity contribution in [1.29, 1.82) is 0 Å². The number of aliphatic hydroxyl groups is 1. The van der Waals surface area contributed by atoms with Gasteiger partial charge in [0.15, 0.2) is 0 Å². The maximum atomic E-state index is 11.2. The number of carbonyl (C=O) groups is 1. The fourth-order valence-electron chi connectivity index (χ4n) is 1.03. The maximum Gasteiger partial charge on any atom is 0.309 e. The molecule has 3 heteroatoms. The van der Waals surface area contributed by atoms with Crippen LogP contribution in [-0.2, 0) is 9.53 Å². The first-order valence-electron chi connectivity index (χ1n) is 4.43. The monoisotopic (exact) mass is 186 g/mol. The number of esters is 1. The molecule has 0 aliphatic heterocycles. The molecule has 0 aromatic carbocycles. The molecule has 0 spiro atoms. The summed E-state index contributed by atoms with van der Waals surface area (Å²) in [6.07, 6.45) is 3.10. The number of aliphatic hydroxyl groups excluding tert-OH is 1. The van der Waals surface area contributed by atoms with Crippen LogP contribution >= 0.6 is 0 Å². The van der Waals surface area contributed by atoms with Gasteiger partial charge in [-0.25, -0.2) is 0 Å². The van der Waals surface area contributed by atoms with Crippen LogP contribution < -0.4 is 0 Å². The minimum atomic E-state index is -0.244. The molecule has 0 saturated carbocycles. The van der Waals surface area contributed by atoms with Crippen molar-refractivity contribution in [3.63, 3.8) is 0 Å². The number of methoxy groups -OCH3 is 1. The molecule has 0 unspecified atom stereocenters. The van der Waals surface area contributed by atoms with Gasteiger partial charge < -0.3 is 9.84 Å². The first kappa shape index (κ1) is 12.2. The molecule has 0 saturated heterocycles. The summed E-state index contributed by atoms with van der Waals surface area (Å²) < 4.78 is 4.62. The summed E-state index contributed by atoms with van der Waals surface area (Å²) in [5.41, 5.74) is 1.17. The Kier molecular flexibility index (Phi) is 6.24. The molecule has 0 aromatic rings. The van der Waals surface area contributed by atoms with E-state index in [-0.39, 0.29) is 18.5 Å². The minimum absolute atomic E-state index is 0.0242. The molecule has 76 valence electrons. The first-order chi connectivity index (χ1) is 6.11. The number of carbonyl (C=O) groups excluding carboxylic acids is 1. The zero-order valence-corrected chi connectivity index (χ0v) is 8.54. The van der Waals surface area contributed by atoms with Crippen molar-refractivity contribution in [1.82, 2.24) is 0 Å². The third-order valence-corrected chi connectivity index (χ3v) is 1.82. The molecule has 0 fully saturated rings. The largest absolute Gasteiger partial charge is 0.469 e. The van der Waals surface area contributed by atoms with Gasteiger partial charge in [-0.15, -0.1) is 0 Å². The summed E-state index contributed by atoms with van der Waals surface area (Å²) in [7, 11) is 1.37. The Morgan fingerprint density at radius 1 is 1.54 bits per heavy atom. The van der Waals surface area contributed by atoms with E-state index in [4.69, 9.17) is 5.11 Å². The second kappa shape index (κ2) is 6.66. The van der Waals surface area contributed by atoms with E-state index >= 15 is 0 Å². The van der Waals surface area contributed by atoms with Crippen LogP contribution in [0.3, 0.4) is 0 Å². The highest BCUT2D eigenvalue weighted by molar-refractivity contribution is 5.72. The van der Waals surface area contributed by atoms with Gasteiger partial charge in [0.05, 0.1) is 13.0 Å². The van der Waals surface area contributed by atoms with Crippen molar-refractivity contribution < 1.29 is 14.6 Å². The molecule has 0 aliphatic carbocycles. The number of hydrogen-bond donors (Lipinski definition) is 1. The van der Waals surface area contributed by atoms with Crippen molar-refractivity contribution in [2.24, 2.45) is 5.92 Å². The Hall–Kier alpha value is -0.830. The topological polar surface area (TPSA) is 46.5 Å². The van der Waals surface area contributed by atoms with Crippen molar-refractivity contribution in [2.75, 3.05) is 13.7 Å². The van der Waals surface area contributed by atoms with Crippen molar-refractivity contribution in [2.45, 2.75) is 26.7 Å². The summed E-state index contributed by atoms with van der Waals surface area (Å²) >= 11 is 0. The van der Waals surface area contributed by atoms with E-state index in [2.05, 4.69) is 4.74 Å². The van der Waals surface area contributed by atoms with Crippen LogP contribution in [0.25, 0.3) is 0 Å². The SMILES string of the molecule is COC(=O)[C@@H](CC=C(C)C)CCO. The minimum Gasteiger partial charge on any atom is -0.469 e.